The van der Waals surface area contributed by atoms with Gasteiger partial charge in [-0.1, -0.05) is 12.8 Å². The van der Waals surface area contributed by atoms with E-state index < -0.39 is 28.7 Å². The summed E-state index contributed by atoms with van der Waals surface area (Å²) in [5, 5.41) is 0. The molecule has 2 rings (SSSR count). The van der Waals surface area contributed by atoms with Crippen LogP contribution in [0.4, 0.5) is 8.78 Å². The SMILES string of the molecule is COC(=O)c1cc(C2(N=C=O)CCCC2)cc(F)c1F. The second kappa shape index (κ2) is 5.51. The first-order chi connectivity index (χ1) is 9.54. The van der Waals surface area contributed by atoms with Gasteiger partial charge in [0, 0.05) is 0 Å². The Kier molecular flexibility index (Phi) is 3.95. The molecule has 0 atom stereocenters. The molecule has 1 aromatic carbocycles. The molecule has 0 bridgehead atoms. The lowest BCUT2D eigenvalue weighted by Gasteiger charge is -2.23. The van der Waals surface area contributed by atoms with E-state index in [0.717, 1.165) is 26.0 Å². The zero-order chi connectivity index (χ0) is 14.8. The van der Waals surface area contributed by atoms with Crippen LogP contribution in [0.1, 0.15) is 41.6 Å². The molecule has 106 valence electrons. The van der Waals surface area contributed by atoms with Gasteiger partial charge in [0.05, 0.1) is 18.2 Å². The van der Waals surface area contributed by atoms with Crippen LogP contribution in [-0.2, 0) is 15.1 Å². The number of methoxy groups -OCH3 is 1. The van der Waals surface area contributed by atoms with Gasteiger partial charge < -0.3 is 4.74 Å². The molecule has 1 aliphatic rings. The van der Waals surface area contributed by atoms with Crippen LogP contribution in [-0.4, -0.2) is 19.2 Å². The maximum atomic E-state index is 13.7. The van der Waals surface area contributed by atoms with Crippen molar-refractivity contribution in [1.29, 1.82) is 0 Å². The number of aliphatic imine (C=N–C) groups is 1. The summed E-state index contributed by atoms with van der Waals surface area (Å²) in [6.07, 6.45) is 4.19. The molecule has 0 unspecified atom stereocenters. The number of esters is 1. The molecule has 4 nitrogen and oxygen atoms in total. The molecule has 6 heteroatoms. The van der Waals surface area contributed by atoms with E-state index in [2.05, 4.69) is 9.73 Å². The molecule has 0 spiro atoms. The third-order valence-corrected chi connectivity index (χ3v) is 3.66. The van der Waals surface area contributed by atoms with Crippen molar-refractivity contribution in [1.82, 2.24) is 0 Å². The molecule has 1 fully saturated rings. The van der Waals surface area contributed by atoms with Crippen molar-refractivity contribution >= 4 is 12.0 Å². The van der Waals surface area contributed by atoms with Crippen molar-refractivity contribution in [2.75, 3.05) is 7.11 Å². The number of hydrogen-bond donors (Lipinski definition) is 0. The quantitative estimate of drug-likeness (QED) is 0.486. The Labute approximate surface area is 114 Å². The van der Waals surface area contributed by atoms with Crippen LogP contribution >= 0.6 is 0 Å². The zero-order valence-electron chi connectivity index (χ0n) is 10.9. The normalized spacial score (nSPS) is 16.6. The van der Waals surface area contributed by atoms with Crippen molar-refractivity contribution in [3.8, 4) is 0 Å². The highest BCUT2D eigenvalue weighted by Crippen LogP contribution is 2.42. The number of ether oxygens (including phenoxy) is 1. The molecule has 0 saturated heterocycles. The number of carbonyl (C=O) groups excluding carboxylic acids is 2. The number of halogens is 2. The first-order valence-corrected chi connectivity index (χ1v) is 6.21. The lowest BCUT2D eigenvalue weighted by atomic mass is 9.87. The minimum Gasteiger partial charge on any atom is -0.465 e. The molecular formula is C14H13F2NO3. The number of carbonyl (C=O) groups is 1. The Bertz CT molecular complexity index is 588. The Morgan fingerprint density at radius 1 is 1.35 bits per heavy atom. The zero-order valence-corrected chi connectivity index (χ0v) is 10.9. The molecule has 1 saturated carbocycles. The Morgan fingerprint density at radius 3 is 2.55 bits per heavy atom. The van der Waals surface area contributed by atoms with Gasteiger partial charge in [-0.3, -0.25) is 0 Å². The number of hydrogen-bond acceptors (Lipinski definition) is 4. The van der Waals surface area contributed by atoms with Crippen molar-refractivity contribution in [3.05, 3.63) is 34.9 Å². The van der Waals surface area contributed by atoms with Crippen molar-refractivity contribution in [3.63, 3.8) is 0 Å². The van der Waals surface area contributed by atoms with Gasteiger partial charge in [-0.15, -0.1) is 0 Å². The maximum Gasteiger partial charge on any atom is 0.340 e. The monoisotopic (exact) mass is 281 g/mol. The molecule has 0 heterocycles. The summed E-state index contributed by atoms with van der Waals surface area (Å²) in [5.74, 6) is -3.38. The van der Waals surface area contributed by atoms with Crippen LogP contribution in [0.2, 0.25) is 0 Å². The largest absolute Gasteiger partial charge is 0.465 e. The van der Waals surface area contributed by atoms with E-state index in [9.17, 15) is 18.4 Å². The van der Waals surface area contributed by atoms with E-state index >= 15 is 0 Å². The van der Waals surface area contributed by atoms with Crippen LogP contribution in [0.5, 0.6) is 0 Å². The predicted octanol–water partition coefficient (Wildman–Crippen LogP) is 2.86. The topological polar surface area (TPSA) is 55.7 Å². The third kappa shape index (κ3) is 2.34. The van der Waals surface area contributed by atoms with E-state index in [1.807, 2.05) is 0 Å². The Hall–Kier alpha value is -2.07. The fourth-order valence-electron chi connectivity index (χ4n) is 2.63. The van der Waals surface area contributed by atoms with Gasteiger partial charge in [0.25, 0.3) is 0 Å². The lowest BCUT2D eigenvalue weighted by molar-refractivity contribution is 0.0594. The summed E-state index contributed by atoms with van der Waals surface area (Å²) < 4.78 is 31.7. The molecule has 0 aliphatic heterocycles. The van der Waals surface area contributed by atoms with Crippen LogP contribution in [0.3, 0.4) is 0 Å². The molecule has 1 aliphatic carbocycles. The smallest absolute Gasteiger partial charge is 0.340 e. The van der Waals surface area contributed by atoms with Crippen molar-refractivity contribution in [2.24, 2.45) is 4.99 Å². The van der Waals surface area contributed by atoms with Gasteiger partial charge in [0.2, 0.25) is 6.08 Å². The second-order valence-corrected chi connectivity index (χ2v) is 4.75. The second-order valence-electron chi connectivity index (χ2n) is 4.75. The highest BCUT2D eigenvalue weighted by atomic mass is 19.2. The molecule has 0 amide bonds. The average Bonchev–Trinajstić information content (AvgIpc) is 2.91. The summed E-state index contributed by atoms with van der Waals surface area (Å²) >= 11 is 0. The predicted molar refractivity (Wildman–Crippen MR) is 66.0 cm³/mol. The number of rotatable bonds is 3. The number of nitrogens with zero attached hydrogens (tertiary/aromatic N) is 1. The minimum atomic E-state index is -1.26. The maximum absolute atomic E-state index is 13.7. The number of benzene rings is 1. The highest BCUT2D eigenvalue weighted by molar-refractivity contribution is 5.90. The molecular weight excluding hydrogens is 268 g/mol. The summed E-state index contributed by atoms with van der Waals surface area (Å²) in [4.78, 5) is 25.9. The Balaban J connectivity index is 2.59. The summed E-state index contributed by atoms with van der Waals surface area (Å²) in [5.41, 5.74) is -1.11. The molecule has 0 N–H and O–H groups in total. The van der Waals surface area contributed by atoms with Gasteiger partial charge >= 0.3 is 5.97 Å². The summed E-state index contributed by atoms with van der Waals surface area (Å²) in [7, 11) is 1.08. The van der Waals surface area contributed by atoms with Crippen LogP contribution in [0, 0.1) is 11.6 Å². The molecule has 0 radical (unpaired) electrons. The van der Waals surface area contributed by atoms with Gasteiger partial charge in [-0.25, -0.2) is 18.4 Å². The van der Waals surface area contributed by atoms with Crippen molar-refractivity contribution in [2.45, 2.75) is 31.2 Å². The summed E-state index contributed by atoms with van der Waals surface area (Å²) in [6, 6.07) is 2.18. The van der Waals surface area contributed by atoms with E-state index in [-0.39, 0.29) is 0 Å². The molecule has 0 aromatic heterocycles. The highest BCUT2D eigenvalue weighted by Gasteiger charge is 2.37. The van der Waals surface area contributed by atoms with Crippen LogP contribution in [0.25, 0.3) is 0 Å². The molecule has 1 aromatic rings. The van der Waals surface area contributed by atoms with E-state index in [4.69, 9.17) is 0 Å². The average molecular weight is 281 g/mol. The lowest BCUT2D eigenvalue weighted by Crippen LogP contribution is -2.21. The number of isocyanates is 1. The minimum absolute atomic E-state index is 0.303. The van der Waals surface area contributed by atoms with Crippen LogP contribution in [0.15, 0.2) is 17.1 Å². The van der Waals surface area contributed by atoms with E-state index in [1.165, 1.54) is 12.1 Å². The van der Waals surface area contributed by atoms with Gasteiger partial charge in [0.1, 0.15) is 0 Å². The van der Waals surface area contributed by atoms with Gasteiger partial charge in [-0.05, 0) is 30.5 Å². The van der Waals surface area contributed by atoms with E-state index in [0.29, 0.717) is 18.4 Å². The van der Waals surface area contributed by atoms with E-state index in [1.54, 1.807) is 0 Å². The van der Waals surface area contributed by atoms with Gasteiger partial charge in [0.15, 0.2) is 11.6 Å². The summed E-state index contributed by atoms with van der Waals surface area (Å²) in [6.45, 7) is 0. The Morgan fingerprint density at radius 2 is 2.00 bits per heavy atom. The third-order valence-electron chi connectivity index (χ3n) is 3.66. The van der Waals surface area contributed by atoms with Crippen molar-refractivity contribution < 1.29 is 23.1 Å². The van der Waals surface area contributed by atoms with Crippen LogP contribution < -0.4 is 0 Å². The molecule has 20 heavy (non-hydrogen) atoms. The first kappa shape index (κ1) is 14.3. The van der Waals surface area contributed by atoms with Gasteiger partial charge in [-0.2, -0.15) is 4.99 Å². The first-order valence-electron chi connectivity index (χ1n) is 6.21. The standard InChI is InChI=1S/C14H13F2NO3/c1-20-13(19)10-6-9(7-11(15)12(10)16)14(17-8-18)4-2-3-5-14/h6-7H,2-5H2,1H3. The fourth-order valence-corrected chi connectivity index (χ4v) is 2.63. The fraction of sp³-hybridized carbons (Fsp3) is 0.429.